The number of guanidine groups is 3. The van der Waals surface area contributed by atoms with Gasteiger partial charge in [0.2, 0.25) is 29.5 Å². The largest absolute Gasteiger partial charge is 0.370 e. The molecule has 0 aliphatic carbocycles. The highest BCUT2D eigenvalue weighted by Gasteiger charge is 2.31. The van der Waals surface area contributed by atoms with Crippen molar-refractivity contribution in [2.24, 2.45) is 66.6 Å². The Balaban J connectivity index is 2.32. The number of nitrogens with zero attached hydrogens (tertiary/aromatic N) is 3. The van der Waals surface area contributed by atoms with Gasteiger partial charge in [-0.1, -0.05) is 24.3 Å². The van der Waals surface area contributed by atoms with Crippen LogP contribution in [0.3, 0.4) is 0 Å². The Morgan fingerprint density at radius 3 is 1.48 bits per heavy atom. The molecular weight excluding hydrogens is 841 g/mol. The van der Waals surface area contributed by atoms with E-state index in [1.54, 1.807) is 30.3 Å². The first-order valence-corrected chi connectivity index (χ1v) is 20.6. The number of imide groups is 1. The lowest BCUT2D eigenvalue weighted by Gasteiger charge is -2.26. The lowest BCUT2D eigenvalue weighted by Crippen LogP contribution is -2.58. The minimum Gasteiger partial charge on any atom is -0.370 e. The van der Waals surface area contributed by atoms with Gasteiger partial charge in [-0.15, -0.1) is 0 Å². The quantitative estimate of drug-likeness (QED) is 0.0123. The Labute approximate surface area is 368 Å². The Hall–Kier alpha value is -6.77. The van der Waals surface area contributed by atoms with E-state index >= 15 is 0 Å². The maximum absolute atomic E-state index is 14.0. The van der Waals surface area contributed by atoms with Crippen LogP contribution in [0.2, 0.25) is 0 Å². The second kappa shape index (κ2) is 28.0. The van der Waals surface area contributed by atoms with Crippen molar-refractivity contribution in [2.75, 3.05) is 26.2 Å². The first kappa shape index (κ1) is 52.4. The molecule has 1 heterocycles. The molecule has 7 amide bonds. The average molecular weight is 901 g/mol. The molecular formula is C37H60N18O7S. The van der Waals surface area contributed by atoms with E-state index in [0.29, 0.717) is 17.5 Å². The number of thioether (sulfide) groups is 1. The molecule has 1 aromatic carbocycles. The molecule has 25 nitrogen and oxygen atoms in total. The molecule has 63 heavy (non-hydrogen) atoms. The zero-order valence-electron chi connectivity index (χ0n) is 34.7. The van der Waals surface area contributed by atoms with Crippen LogP contribution in [0.5, 0.6) is 0 Å². The molecule has 2 rings (SSSR count). The van der Waals surface area contributed by atoms with Gasteiger partial charge in [0.15, 0.2) is 17.9 Å². The molecule has 1 saturated heterocycles. The Kier molecular flexibility index (Phi) is 23.2. The predicted molar refractivity (Wildman–Crippen MR) is 241 cm³/mol. The van der Waals surface area contributed by atoms with Crippen LogP contribution in [0, 0.1) is 0 Å². The molecule has 0 bridgehead atoms. The highest BCUT2D eigenvalue weighted by atomic mass is 32.2. The van der Waals surface area contributed by atoms with Crippen molar-refractivity contribution in [2.45, 2.75) is 81.8 Å². The molecule has 26 heteroatoms. The van der Waals surface area contributed by atoms with Crippen molar-refractivity contribution in [3.63, 3.8) is 0 Å². The fraction of sp³-hybridized carbons (Fsp3) is 0.459. The number of amides is 7. The number of aliphatic imine (C=N–C) groups is 3. The van der Waals surface area contributed by atoms with Crippen LogP contribution >= 0.6 is 11.8 Å². The minimum absolute atomic E-state index is 0.00555. The summed E-state index contributed by atoms with van der Waals surface area (Å²) in [4.78, 5) is 102. The number of nitrogens with two attached hydrogens (primary N) is 9. The molecule has 24 N–H and O–H groups in total. The van der Waals surface area contributed by atoms with Crippen LogP contribution in [0.1, 0.15) is 62.5 Å². The second-order valence-corrected chi connectivity index (χ2v) is 15.0. The van der Waals surface area contributed by atoms with Gasteiger partial charge in [0.1, 0.15) is 30.5 Å². The van der Waals surface area contributed by atoms with Gasteiger partial charge in [-0.2, -0.15) is 0 Å². The number of benzene rings is 1. The first-order valence-electron chi connectivity index (χ1n) is 19.8. The first-order chi connectivity index (χ1) is 29.8. The number of carbonyl (C=O) groups excluding carboxylic acids is 7. The number of carbonyl (C=O) groups is 7. The van der Waals surface area contributed by atoms with E-state index in [9.17, 15) is 33.6 Å². The molecule has 0 radical (unpaired) electrons. The molecule has 0 saturated carbocycles. The highest BCUT2D eigenvalue weighted by molar-refractivity contribution is 8.18. The maximum Gasteiger partial charge on any atom is 0.290 e. The van der Waals surface area contributed by atoms with E-state index in [1.165, 1.54) is 12.2 Å². The monoisotopic (exact) mass is 900 g/mol. The van der Waals surface area contributed by atoms with Crippen LogP contribution in [-0.4, -0.2) is 115 Å². The van der Waals surface area contributed by atoms with E-state index in [0.717, 1.165) is 11.8 Å². The Morgan fingerprint density at radius 1 is 0.619 bits per heavy atom. The topological polar surface area (TPSA) is 463 Å². The molecule has 346 valence electrons. The number of rotatable bonds is 28. The number of nitrogens with one attached hydrogen (secondary N) is 6. The number of hydrogen-bond donors (Lipinski definition) is 15. The summed E-state index contributed by atoms with van der Waals surface area (Å²) in [5.74, 6) is -4.74. The van der Waals surface area contributed by atoms with Crippen LogP contribution in [0.15, 0.2) is 50.2 Å². The van der Waals surface area contributed by atoms with Gasteiger partial charge in [0.25, 0.3) is 11.1 Å². The third kappa shape index (κ3) is 22.1. The highest BCUT2D eigenvalue weighted by Crippen LogP contribution is 2.25. The fourth-order valence-electron chi connectivity index (χ4n) is 5.66. The van der Waals surface area contributed by atoms with Crippen LogP contribution in [0.4, 0.5) is 4.79 Å². The van der Waals surface area contributed by atoms with Gasteiger partial charge in [0.05, 0.1) is 4.91 Å². The average Bonchev–Trinajstić information content (AvgIpc) is 3.53. The second-order valence-electron chi connectivity index (χ2n) is 14.0. The lowest BCUT2D eigenvalue weighted by molar-refractivity contribution is -0.134. The van der Waals surface area contributed by atoms with Gasteiger partial charge >= 0.3 is 0 Å². The van der Waals surface area contributed by atoms with E-state index in [-0.39, 0.29) is 93.9 Å². The Bertz CT molecular complexity index is 1890. The summed E-state index contributed by atoms with van der Waals surface area (Å²) in [5, 5.41) is 15.1. The Morgan fingerprint density at radius 2 is 1.05 bits per heavy atom. The van der Waals surface area contributed by atoms with Crippen molar-refractivity contribution in [3.8, 4) is 0 Å². The predicted octanol–water partition coefficient (Wildman–Crippen LogP) is -4.82. The van der Waals surface area contributed by atoms with Crippen LogP contribution < -0.4 is 83.5 Å². The van der Waals surface area contributed by atoms with E-state index < -0.39 is 71.1 Å². The van der Waals surface area contributed by atoms with E-state index in [4.69, 9.17) is 51.6 Å². The van der Waals surface area contributed by atoms with Crippen LogP contribution in [-0.2, 0) is 28.8 Å². The van der Waals surface area contributed by atoms with Gasteiger partial charge < -0.3 is 72.9 Å². The molecule has 1 fully saturated rings. The van der Waals surface area contributed by atoms with Gasteiger partial charge in [-0.3, -0.25) is 59.2 Å². The van der Waals surface area contributed by atoms with Crippen molar-refractivity contribution >= 4 is 82.5 Å². The summed E-state index contributed by atoms with van der Waals surface area (Å²) >= 11 is 0.786. The van der Waals surface area contributed by atoms with Gasteiger partial charge in [-0.05, 0) is 93.0 Å². The van der Waals surface area contributed by atoms with Crippen LogP contribution in [0.25, 0.3) is 12.2 Å². The summed E-state index contributed by atoms with van der Waals surface area (Å²) in [6, 6.07) is 1.90. The van der Waals surface area contributed by atoms with Crippen molar-refractivity contribution in [1.82, 2.24) is 31.9 Å². The molecule has 1 aliphatic heterocycles. The molecule has 4 atom stereocenters. The summed E-state index contributed by atoms with van der Waals surface area (Å²) in [5.41, 5.74) is 50.6. The molecule has 0 unspecified atom stereocenters. The molecule has 0 spiro atoms. The van der Waals surface area contributed by atoms with Gasteiger partial charge in [-0.25, -0.2) is 0 Å². The fourth-order valence-corrected chi connectivity index (χ4v) is 6.34. The van der Waals surface area contributed by atoms with E-state index in [1.807, 2.05) is 0 Å². The third-order valence-corrected chi connectivity index (χ3v) is 9.56. The lowest BCUT2D eigenvalue weighted by atomic mass is 10.0. The maximum atomic E-state index is 14.0. The molecule has 1 aromatic rings. The van der Waals surface area contributed by atoms with Crippen molar-refractivity contribution in [3.05, 3.63) is 46.4 Å². The summed E-state index contributed by atoms with van der Waals surface area (Å²) in [6.07, 6.45) is 4.59. The summed E-state index contributed by atoms with van der Waals surface area (Å²) < 4.78 is 0. The zero-order valence-corrected chi connectivity index (χ0v) is 35.5. The standard InChI is InChI=1S/C37H60N18O7S/c38-28(57)22(5-1-15-47-33(39)40)52-30(59)24(7-3-17-49-35(43)44)54-31(60)25(8-4-18-50-36(45)46)53-29(58)23(6-2-16-48-34(41)42)51-27(56)14-13-20-9-11-21(12-10-20)19-26-32(61)55-37(62)63-26/h9-14,19,22-25,36,50H,1-8,15-18,45-46H2,(H2,38,57)(H,51,56)(H,52,59)(H,53,58)(H,54,60)(H4,39,40,47)(H4,41,42,48)(H4,43,44,49)(H,55,61,62)/b14-13+,26-19-/t22-,23-,24-,25-/m0/s1. The minimum atomic E-state index is -1.26. The van der Waals surface area contributed by atoms with Crippen molar-refractivity contribution < 1.29 is 33.6 Å². The smallest absolute Gasteiger partial charge is 0.290 e. The zero-order chi connectivity index (χ0) is 46.9. The summed E-state index contributed by atoms with van der Waals surface area (Å²) in [6.45, 7) is 0.641. The number of primary amides is 1. The molecule has 1 aliphatic rings. The molecule has 0 aromatic heterocycles. The SMILES string of the molecule is NC(=O)[C@H](CCCN=C(N)N)NC(=O)[C@H](CCCN=C(N)N)NC(=O)[C@H](CCCNC(N)N)NC(=O)[C@H](CCCN=C(N)N)NC(=O)/C=C/c1ccc(/C=C2\SC(=O)NC2=O)cc1. The third-order valence-electron chi connectivity index (χ3n) is 8.75. The number of hydrogen-bond acceptors (Lipinski definition) is 14. The normalized spacial score (nSPS) is 14.8. The van der Waals surface area contributed by atoms with Gasteiger partial charge in [0, 0.05) is 25.7 Å². The van der Waals surface area contributed by atoms with Crippen molar-refractivity contribution in [1.29, 1.82) is 0 Å². The van der Waals surface area contributed by atoms with E-state index in [2.05, 4.69) is 46.9 Å². The summed E-state index contributed by atoms with van der Waals surface area (Å²) in [7, 11) is 0.